The highest BCUT2D eigenvalue weighted by atomic mass is 79.9. The molecule has 1 amide bonds. The van der Waals surface area contributed by atoms with Crippen LogP contribution < -0.4 is 9.62 Å². The van der Waals surface area contributed by atoms with Crippen LogP contribution in [-0.4, -0.2) is 30.8 Å². The van der Waals surface area contributed by atoms with Crippen LogP contribution in [0.1, 0.15) is 32.7 Å². The summed E-state index contributed by atoms with van der Waals surface area (Å²) in [6.07, 6.45) is 2.54. The molecule has 0 unspecified atom stereocenters. The number of hydrogen-bond donors (Lipinski definition) is 1. The lowest BCUT2D eigenvalue weighted by atomic mass is 10.0. The number of carbonyl (C=O) groups is 1. The first-order chi connectivity index (χ1) is 17.8. The summed E-state index contributed by atoms with van der Waals surface area (Å²) in [5.41, 5.74) is 3.84. The molecule has 0 spiro atoms. The van der Waals surface area contributed by atoms with Gasteiger partial charge < -0.3 is 4.90 Å². The summed E-state index contributed by atoms with van der Waals surface area (Å²) in [4.78, 5) is 24.4. The largest absolute Gasteiger partial charge is 0.336 e. The molecule has 0 radical (unpaired) electrons. The van der Waals surface area contributed by atoms with Crippen molar-refractivity contribution < 1.29 is 13.2 Å². The van der Waals surface area contributed by atoms with Gasteiger partial charge in [-0.2, -0.15) is 0 Å². The summed E-state index contributed by atoms with van der Waals surface area (Å²) in [5.74, 6) is -0.311. The van der Waals surface area contributed by atoms with Crippen molar-refractivity contribution in [2.45, 2.75) is 24.3 Å². The maximum absolute atomic E-state index is 13.2. The van der Waals surface area contributed by atoms with Crippen molar-refractivity contribution in [3.63, 3.8) is 0 Å². The third kappa shape index (κ3) is 5.84. The maximum atomic E-state index is 13.2. The smallest absolute Gasteiger partial charge is 0.268 e. The first-order valence-electron chi connectivity index (χ1n) is 11.5. The van der Waals surface area contributed by atoms with E-state index in [2.05, 4.69) is 42.7 Å². The average Bonchev–Trinajstić information content (AvgIpc) is 2.88. The Hall–Kier alpha value is -3.27. The van der Waals surface area contributed by atoms with Gasteiger partial charge in [-0.3, -0.25) is 4.79 Å². The summed E-state index contributed by atoms with van der Waals surface area (Å²) in [5, 5.41) is 0.559. The minimum Gasteiger partial charge on any atom is -0.336 e. The van der Waals surface area contributed by atoms with E-state index in [4.69, 9.17) is 16.6 Å². The van der Waals surface area contributed by atoms with Gasteiger partial charge in [-0.05, 0) is 59.5 Å². The minimum atomic E-state index is -4.09. The van der Waals surface area contributed by atoms with E-state index in [1.807, 2.05) is 24.3 Å². The Labute approximate surface area is 228 Å². The number of anilines is 1. The van der Waals surface area contributed by atoms with Gasteiger partial charge in [-0.15, -0.1) is 0 Å². The van der Waals surface area contributed by atoms with E-state index in [-0.39, 0.29) is 16.9 Å². The van der Waals surface area contributed by atoms with Crippen molar-refractivity contribution in [1.82, 2.24) is 14.7 Å². The van der Waals surface area contributed by atoms with Crippen LogP contribution in [-0.2, 0) is 29.4 Å². The molecule has 5 rings (SSSR count). The molecule has 0 bridgehead atoms. The fraction of sp³-hybridized carbons (Fsp3) is 0.148. The number of sulfonamides is 1. The number of nitrogens with one attached hydrogen (secondary N) is 1. The summed E-state index contributed by atoms with van der Waals surface area (Å²) in [6.45, 7) is 1.38. The van der Waals surface area contributed by atoms with Crippen molar-refractivity contribution in [2.75, 3.05) is 11.4 Å². The monoisotopic (exact) mass is 596 g/mol. The number of nitrogens with zero attached hydrogens (tertiary/aromatic N) is 3. The van der Waals surface area contributed by atoms with Crippen LogP contribution in [0.3, 0.4) is 0 Å². The van der Waals surface area contributed by atoms with Gasteiger partial charge >= 0.3 is 0 Å². The minimum absolute atomic E-state index is 0.0232. The predicted octanol–water partition coefficient (Wildman–Crippen LogP) is 5.16. The topological polar surface area (TPSA) is 92.3 Å². The third-order valence-corrected chi connectivity index (χ3v) is 8.24. The van der Waals surface area contributed by atoms with Crippen molar-refractivity contribution >= 4 is 49.4 Å². The van der Waals surface area contributed by atoms with Gasteiger partial charge in [-0.25, -0.2) is 23.1 Å². The van der Waals surface area contributed by atoms with Crippen molar-refractivity contribution in [3.05, 3.63) is 116 Å². The van der Waals surface area contributed by atoms with Crippen molar-refractivity contribution in [1.29, 1.82) is 0 Å². The Morgan fingerprint density at radius 1 is 1.03 bits per heavy atom. The Balaban J connectivity index is 1.47. The molecule has 1 aromatic heterocycles. The lowest BCUT2D eigenvalue weighted by molar-refractivity contribution is 0.0980. The summed E-state index contributed by atoms with van der Waals surface area (Å²) >= 11 is 9.46. The molecule has 0 saturated heterocycles. The van der Waals surface area contributed by atoms with Crippen LogP contribution in [0.25, 0.3) is 0 Å². The second kappa shape index (κ2) is 10.6. The highest BCUT2D eigenvalue weighted by Crippen LogP contribution is 2.24. The molecule has 1 N–H and O–H groups in total. The van der Waals surface area contributed by atoms with Crippen molar-refractivity contribution in [2.24, 2.45) is 0 Å². The van der Waals surface area contributed by atoms with Gasteiger partial charge in [0.2, 0.25) is 5.95 Å². The number of aromatic nitrogens is 2. The standard InChI is InChI=1S/C27H22BrClN4O3S/c28-21-8-10-23(11-9-21)37(35,36)32-26(34)24-16-30-27(31-25(24)15-18-4-3-7-22(29)14-18)33-13-12-19-5-1-2-6-20(19)17-33/h1-11,14,16H,12-13,15,17H2,(H,32,34). The zero-order valence-electron chi connectivity index (χ0n) is 19.6. The molecule has 1 aliphatic rings. The molecule has 37 heavy (non-hydrogen) atoms. The molecule has 10 heteroatoms. The number of benzene rings is 3. The summed E-state index contributed by atoms with van der Waals surface area (Å²) in [6, 6.07) is 21.5. The van der Waals surface area contributed by atoms with Crippen LogP contribution >= 0.6 is 27.5 Å². The van der Waals surface area contributed by atoms with Crippen molar-refractivity contribution in [3.8, 4) is 0 Å². The molecule has 0 atom stereocenters. The molecule has 2 heterocycles. The van der Waals surface area contributed by atoms with Crippen LogP contribution in [0, 0.1) is 0 Å². The molecule has 4 aromatic rings. The van der Waals surface area contributed by atoms with E-state index >= 15 is 0 Å². The second-order valence-corrected chi connectivity index (χ2v) is 11.7. The van der Waals surface area contributed by atoms with Crippen LogP contribution in [0.4, 0.5) is 5.95 Å². The van der Waals surface area contributed by atoms with E-state index in [9.17, 15) is 13.2 Å². The Kier molecular flexibility index (Phi) is 7.28. The highest BCUT2D eigenvalue weighted by Gasteiger charge is 2.24. The second-order valence-electron chi connectivity index (χ2n) is 8.67. The Bertz CT molecular complexity index is 1580. The molecular weight excluding hydrogens is 576 g/mol. The van der Waals surface area contributed by atoms with E-state index in [0.717, 1.165) is 23.0 Å². The fourth-order valence-corrected chi connectivity index (χ4v) is 5.68. The van der Waals surface area contributed by atoms with E-state index in [1.165, 1.54) is 29.5 Å². The Morgan fingerprint density at radius 2 is 1.78 bits per heavy atom. The lowest BCUT2D eigenvalue weighted by Gasteiger charge is -2.29. The third-order valence-electron chi connectivity index (χ3n) is 6.12. The van der Waals surface area contributed by atoms with Gasteiger partial charge in [0.1, 0.15) is 0 Å². The molecule has 3 aromatic carbocycles. The van der Waals surface area contributed by atoms with Crippen LogP contribution in [0.15, 0.2) is 88.4 Å². The SMILES string of the molecule is O=C(NS(=O)(=O)c1ccc(Br)cc1)c1cnc(N2CCc3ccccc3C2)nc1Cc1cccc(Cl)c1. The van der Waals surface area contributed by atoms with E-state index in [0.29, 0.717) is 23.2 Å². The number of rotatable bonds is 6. The Morgan fingerprint density at radius 3 is 2.54 bits per heavy atom. The van der Waals surface area contributed by atoms with E-state index < -0.39 is 15.9 Å². The quantitative estimate of drug-likeness (QED) is 0.330. The zero-order chi connectivity index (χ0) is 26.0. The highest BCUT2D eigenvalue weighted by molar-refractivity contribution is 9.10. The molecule has 0 saturated carbocycles. The number of carbonyl (C=O) groups excluding carboxylic acids is 1. The van der Waals surface area contributed by atoms with Gasteiger partial charge in [0.25, 0.3) is 15.9 Å². The lowest BCUT2D eigenvalue weighted by Crippen LogP contribution is -2.34. The molecule has 188 valence electrons. The first-order valence-corrected chi connectivity index (χ1v) is 14.2. The number of hydrogen-bond acceptors (Lipinski definition) is 6. The zero-order valence-corrected chi connectivity index (χ0v) is 22.7. The fourth-order valence-electron chi connectivity index (χ4n) is 4.24. The number of amides is 1. The summed E-state index contributed by atoms with van der Waals surface area (Å²) < 4.78 is 28.6. The average molecular weight is 598 g/mol. The van der Waals surface area contributed by atoms with Gasteiger partial charge in [0, 0.05) is 35.2 Å². The molecule has 1 aliphatic heterocycles. The number of fused-ring (bicyclic) bond motifs is 1. The van der Waals surface area contributed by atoms with Gasteiger partial charge in [0.15, 0.2) is 0 Å². The molecule has 0 fully saturated rings. The maximum Gasteiger partial charge on any atom is 0.268 e. The van der Waals surface area contributed by atoms with Crippen LogP contribution in [0.2, 0.25) is 5.02 Å². The normalized spacial score (nSPS) is 13.2. The molecule has 7 nitrogen and oxygen atoms in total. The molecular formula is C27H22BrClN4O3S. The van der Waals surface area contributed by atoms with Gasteiger partial charge in [0.05, 0.1) is 16.2 Å². The van der Waals surface area contributed by atoms with E-state index in [1.54, 1.807) is 24.3 Å². The molecule has 0 aliphatic carbocycles. The van der Waals surface area contributed by atoms with Crippen LogP contribution in [0.5, 0.6) is 0 Å². The summed E-state index contributed by atoms with van der Waals surface area (Å²) in [7, 11) is -4.09. The predicted molar refractivity (Wildman–Crippen MR) is 146 cm³/mol. The first kappa shape index (κ1) is 25.4. The van der Waals surface area contributed by atoms with Gasteiger partial charge in [-0.1, -0.05) is 63.9 Å². The number of halogens is 2.